The van der Waals surface area contributed by atoms with Crippen LogP contribution in [0.2, 0.25) is 0 Å². The number of aldehydes is 1. The Morgan fingerprint density at radius 3 is 2.80 bits per heavy atom. The number of carbonyl (C=O) groups is 3. The van der Waals surface area contributed by atoms with Gasteiger partial charge in [-0.25, -0.2) is 4.21 Å². The number of ether oxygens (including phenoxy) is 1. The maximum atomic E-state index is 14.0. The number of nitrogens with two attached hydrogens (primary N) is 1. The van der Waals surface area contributed by atoms with E-state index in [9.17, 15) is 23.7 Å². The van der Waals surface area contributed by atoms with Gasteiger partial charge in [0.25, 0.3) is 0 Å². The number of aliphatic imine (C=N–C) groups is 1. The number of hydrogen-bond acceptors (Lipinski definition) is 8. The number of carboxylic acids is 1. The molecule has 1 aromatic heterocycles. The summed E-state index contributed by atoms with van der Waals surface area (Å²) in [4.78, 5) is 43.5. The summed E-state index contributed by atoms with van der Waals surface area (Å²) in [5.74, 6) is -0.307. The fourth-order valence-electron chi connectivity index (χ4n) is 6.05. The number of halogens is 1. The number of anilines is 1. The van der Waals surface area contributed by atoms with Crippen LogP contribution in [0.25, 0.3) is 11.1 Å². The van der Waals surface area contributed by atoms with Gasteiger partial charge < -0.3 is 9.53 Å². The standard InChI is InChI=1S/C33H40N6O6S2.HI.Pb/c34-33(35)36-12-3-6-27(32(42)43)37-31(41)30-26(11-17-46-30)38-47(44)28-19-24(18-22-10-16-45-29(22)28)25-5-2-1-4-23(25)20-39-13-7-21(8-14-39)9-15-40;;/h1-2,4-5,11,15,17-19,21,27H,3,6-10,12-14,16,20H2,(H7,34,35,36,37,38,41,42,43);1H;/q;;+2/p-2/t27-,47?;;/m0../s1. The summed E-state index contributed by atoms with van der Waals surface area (Å²) in [5, 5.41) is 14.1. The average Bonchev–Trinajstić information content (AvgIpc) is 3.77. The van der Waals surface area contributed by atoms with E-state index in [2.05, 4.69) is 59.0 Å². The number of amides is 1. The summed E-state index contributed by atoms with van der Waals surface area (Å²) in [6, 6.07) is 12.8. The molecule has 0 bridgehead atoms. The van der Waals surface area contributed by atoms with E-state index < -0.39 is 49.1 Å². The average molecular weight is 1010 g/mol. The number of benzene rings is 2. The van der Waals surface area contributed by atoms with E-state index in [1.54, 1.807) is 11.4 Å². The summed E-state index contributed by atoms with van der Waals surface area (Å²) in [6.45, 7) is 3.49. The van der Waals surface area contributed by atoms with E-state index >= 15 is 0 Å². The predicted molar refractivity (Wildman–Crippen MR) is 202 cm³/mol. The molecule has 1 fully saturated rings. The van der Waals surface area contributed by atoms with E-state index in [1.165, 1.54) is 5.56 Å². The quantitative estimate of drug-likeness (QED) is 0.0353. The molecule has 6 N–H and O–H groups in total. The molecule has 49 heavy (non-hydrogen) atoms. The molecule has 1 saturated heterocycles. The molecule has 2 aliphatic rings. The van der Waals surface area contributed by atoms with Crippen molar-refractivity contribution in [3.05, 3.63) is 63.8 Å². The van der Waals surface area contributed by atoms with Crippen molar-refractivity contribution in [2.24, 2.45) is 16.6 Å². The summed E-state index contributed by atoms with van der Waals surface area (Å²) in [7, 11) is -1.79. The second-order valence-corrected chi connectivity index (χ2v) is 20.4. The Hall–Kier alpha value is -2.62. The van der Waals surface area contributed by atoms with E-state index in [1.807, 2.05) is 18.2 Å². The zero-order valence-electron chi connectivity index (χ0n) is 26.8. The second-order valence-electron chi connectivity index (χ2n) is 11.9. The number of likely N-dealkylation sites (tertiary alicyclic amines) is 1. The van der Waals surface area contributed by atoms with Gasteiger partial charge in [-0.2, -0.15) is 0 Å². The monoisotopic (exact) mass is 1010 g/mol. The van der Waals surface area contributed by atoms with Crippen LogP contribution in [0.15, 0.2) is 57.7 Å². The normalized spacial score (nSPS) is 16.3. The Morgan fingerprint density at radius 2 is 2.04 bits per heavy atom. The number of hydrogen-bond donors (Lipinski definition) is 5. The van der Waals surface area contributed by atoms with Gasteiger partial charge >= 0.3 is 153 Å². The molecule has 0 spiro atoms. The third kappa shape index (κ3) is 10.2. The fraction of sp³-hybridized carbons (Fsp3) is 0.394. The molecule has 3 heterocycles. The summed E-state index contributed by atoms with van der Waals surface area (Å²) in [6.07, 6.45) is 4.97. The molecule has 2 aliphatic heterocycles. The van der Waals surface area contributed by atoms with Crippen molar-refractivity contribution in [2.45, 2.75) is 56.0 Å². The molecule has 0 saturated carbocycles. The minimum absolute atomic E-state index is 0.181. The Balaban J connectivity index is 1.30. The number of carbonyl (C=O) groups excluding carboxylic acids is 2. The predicted octanol–water partition coefficient (Wildman–Crippen LogP) is 4.12. The molecule has 0 aliphatic carbocycles. The SMILES string of the molecule is NC(=NCCC[C@H](NC(=O)c1sccc1NS(=O)c1cc(-c2ccccc2CN2CCC(CC=O)CC2)cc2c1OCC2)C(=O)O)[NH][Pb][I]. The Morgan fingerprint density at radius 1 is 1.24 bits per heavy atom. The molecule has 12 nitrogen and oxygen atoms in total. The van der Waals surface area contributed by atoms with Crippen LogP contribution in [0.1, 0.15) is 52.9 Å². The van der Waals surface area contributed by atoms with Crippen LogP contribution in [0.3, 0.4) is 0 Å². The molecule has 3 aromatic rings. The van der Waals surface area contributed by atoms with Crippen LogP contribution >= 0.6 is 29.1 Å². The Kier molecular flexibility index (Phi) is 14.3. The van der Waals surface area contributed by atoms with Crippen molar-refractivity contribution in [1.29, 1.82) is 0 Å². The van der Waals surface area contributed by atoms with Gasteiger partial charge in [0.15, 0.2) is 11.0 Å². The van der Waals surface area contributed by atoms with Crippen LogP contribution in [-0.4, -0.2) is 90.9 Å². The number of nitrogens with zero attached hydrogens (tertiary/aromatic N) is 2. The van der Waals surface area contributed by atoms with Crippen molar-refractivity contribution in [3.8, 4) is 16.9 Å². The second kappa shape index (κ2) is 18.6. The van der Waals surface area contributed by atoms with Crippen molar-refractivity contribution in [1.82, 2.24) is 13.3 Å². The van der Waals surface area contributed by atoms with Gasteiger partial charge in [-0.05, 0) is 66.2 Å². The van der Waals surface area contributed by atoms with E-state index in [-0.39, 0.29) is 11.3 Å². The van der Waals surface area contributed by atoms with Crippen LogP contribution < -0.4 is 23.6 Å². The van der Waals surface area contributed by atoms with Gasteiger partial charge in [-0.1, -0.05) is 24.3 Å². The number of fused-ring (bicyclic) bond motifs is 1. The summed E-state index contributed by atoms with van der Waals surface area (Å²) in [5.41, 5.74) is 10.2. The first-order valence-corrected chi connectivity index (χ1v) is 30.9. The van der Waals surface area contributed by atoms with Crippen molar-refractivity contribution in [2.75, 3.05) is 31.0 Å². The minimum atomic E-state index is -1.79. The van der Waals surface area contributed by atoms with Crippen LogP contribution in [-0.2, 0) is 33.5 Å². The third-order valence-electron chi connectivity index (χ3n) is 8.59. The van der Waals surface area contributed by atoms with Gasteiger partial charge in [-0.15, -0.1) is 0 Å². The molecular formula is C33H39IN6O6PbS2. The molecule has 2 aromatic carbocycles. The zero-order valence-corrected chi connectivity index (χ0v) is 34.5. The maximum absolute atomic E-state index is 14.0. The zero-order chi connectivity index (χ0) is 34.8. The topological polar surface area (TPSA) is 175 Å². The van der Waals surface area contributed by atoms with E-state index in [0.717, 1.165) is 66.8 Å². The molecule has 1 unspecified atom stereocenters. The van der Waals surface area contributed by atoms with Gasteiger partial charge in [0.1, 0.15) is 16.9 Å². The van der Waals surface area contributed by atoms with Gasteiger partial charge in [0.05, 0.1) is 6.61 Å². The number of thiophene rings is 1. The number of aliphatic carboxylic acids is 1. The van der Waals surface area contributed by atoms with Gasteiger partial charge in [-0.3, -0.25) is 4.90 Å². The first-order valence-electron chi connectivity index (χ1n) is 16.0. The third-order valence-corrected chi connectivity index (χ3v) is 14.3. The van der Waals surface area contributed by atoms with E-state index in [0.29, 0.717) is 60.6 Å². The van der Waals surface area contributed by atoms with Crippen molar-refractivity contribution < 1.29 is 28.4 Å². The van der Waals surface area contributed by atoms with Crippen molar-refractivity contribution >= 4 is 90.1 Å². The first kappa shape index (κ1) is 37.6. The molecule has 2 radical (unpaired) electrons. The molecule has 16 heteroatoms. The van der Waals surface area contributed by atoms with Crippen LogP contribution in [0.4, 0.5) is 5.69 Å². The Bertz CT molecular complexity index is 1700. The number of nitrogens with one attached hydrogen (secondary N) is 3. The molecular weight excluding hydrogens is 975 g/mol. The molecule has 260 valence electrons. The van der Waals surface area contributed by atoms with Gasteiger partial charge in [0, 0.05) is 19.4 Å². The molecule has 1 amide bonds. The number of guanidine groups is 1. The summed E-state index contributed by atoms with van der Waals surface area (Å²) >= 11 is 2.46. The number of carboxylic acid groups (broad SMARTS) is 1. The van der Waals surface area contributed by atoms with Gasteiger partial charge in [0.2, 0.25) is 0 Å². The van der Waals surface area contributed by atoms with E-state index in [4.69, 9.17) is 10.5 Å². The number of rotatable bonds is 16. The molecule has 2 atom stereocenters. The van der Waals surface area contributed by atoms with Crippen LogP contribution in [0, 0.1) is 5.92 Å². The molecule has 5 rings (SSSR count). The fourth-order valence-corrected chi connectivity index (χ4v) is 11.0. The van der Waals surface area contributed by atoms with Crippen LogP contribution in [0.5, 0.6) is 5.75 Å². The number of piperidine rings is 1. The Labute approximate surface area is 313 Å². The van der Waals surface area contributed by atoms with Crippen molar-refractivity contribution in [3.63, 3.8) is 0 Å². The first-order chi connectivity index (χ1) is 23.8. The summed E-state index contributed by atoms with van der Waals surface area (Å²) < 4.78 is 26.0.